The lowest BCUT2D eigenvalue weighted by molar-refractivity contribution is 0.998. The summed E-state index contributed by atoms with van der Waals surface area (Å²) in [6.45, 7) is 2.84. The standard InChI is InChI=1S/C11H14ClN5S/c1-3-7-4-5-18-8(7)6-14-11-16-9(12)15-10(13-2)17-11/h4-5H,3,6H2,1-2H3,(H2,13,14,15,16,17). The van der Waals surface area contributed by atoms with E-state index in [1.54, 1.807) is 18.4 Å². The summed E-state index contributed by atoms with van der Waals surface area (Å²) < 4.78 is 0. The number of anilines is 2. The number of halogens is 1. The number of hydrogen-bond donors (Lipinski definition) is 2. The first-order valence-electron chi connectivity index (χ1n) is 5.61. The molecule has 0 aliphatic rings. The molecule has 0 aliphatic carbocycles. The quantitative estimate of drug-likeness (QED) is 0.883. The molecule has 0 aromatic carbocycles. The minimum Gasteiger partial charge on any atom is -0.357 e. The lowest BCUT2D eigenvalue weighted by atomic mass is 10.2. The van der Waals surface area contributed by atoms with Gasteiger partial charge in [-0.3, -0.25) is 0 Å². The van der Waals surface area contributed by atoms with E-state index in [0.717, 1.165) is 6.42 Å². The molecule has 0 atom stereocenters. The number of aryl methyl sites for hydroxylation is 1. The Kier molecular flexibility index (Phi) is 4.33. The van der Waals surface area contributed by atoms with E-state index in [1.807, 2.05) is 0 Å². The second-order valence-corrected chi connectivity index (χ2v) is 4.92. The van der Waals surface area contributed by atoms with E-state index >= 15 is 0 Å². The summed E-state index contributed by atoms with van der Waals surface area (Å²) in [5.74, 6) is 0.939. The molecular weight excluding hydrogens is 270 g/mol. The summed E-state index contributed by atoms with van der Waals surface area (Å²) in [6.07, 6.45) is 1.03. The van der Waals surface area contributed by atoms with E-state index in [-0.39, 0.29) is 5.28 Å². The second-order valence-electron chi connectivity index (χ2n) is 3.58. The third-order valence-corrected chi connectivity index (χ3v) is 3.59. The van der Waals surface area contributed by atoms with Crippen LogP contribution in [0.3, 0.4) is 0 Å². The van der Waals surface area contributed by atoms with Crippen LogP contribution in [0.4, 0.5) is 11.9 Å². The molecule has 96 valence electrons. The first kappa shape index (κ1) is 13.0. The average Bonchev–Trinajstić information content (AvgIpc) is 2.83. The molecule has 0 aliphatic heterocycles. The van der Waals surface area contributed by atoms with Gasteiger partial charge in [-0.25, -0.2) is 0 Å². The molecular formula is C11H14ClN5S. The van der Waals surface area contributed by atoms with Crippen LogP contribution in [-0.2, 0) is 13.0 Å². The second kappa shape index (κ2) is 5.97. The van der Waals surface area contributed by atoms with Gasteiger partial charge in [-0.2, -0.15) is 15.0 Å². The molecule has 0 bridgehead atoms. The summed E-state index contributed by atoms with van der Waals surface area (Å²) in [7, 11) is 1.74. The Labute approximate surface area is 115 Å². The smallest absolute Gasteiger partial charge is 0.229 e. The minimum absolute atomic E-state index is 0.179. The Morgan fingerprint density at radius 3 is 2.78 bits per heavy atom. The van der Waals surface area contributed by atoms with Crippen molar-refractivity contribution < 1.29 is 0 Å². The summed E-state index contributed by atoms with van der Waals surface area (Å²) >= 11 is 7.53. The third-order valence-electron chi connectivity index (χ3n) is 2.46. The molecule has 0 saturated carbocycles. The van der Waals surface area contributed by atoms with Gasteiger partial charge in [0.1, 0.15) is 0 Å². The first-order valence-corrected chi connectivity index (χ1v) is 6.87. The predicted molar refractivity (Wildman–Crippen MR) is 75.4 cm³/mol. The van der Waals surface area contributed by atoms with Crippen molar-refractivity contribution in [2.24, 2.45) is 0 Å². The molecule has 2 aromatic heterocycles. The van der Waals surface area contributed by atoms with Gasteiger partial charge in [0.2, 0.25) is 17.2 Å². The van der Waals surface area contributed by atoms with Crippen LogP contribution in [0.2, 0.25) is 5.28 Å². The maximum atomic E-state index is 5.81. The number of nitrogens with zero attached hydrogens (tertiary/aromatic N) is 3. The van der Waals surface area contributed by atoms with Gasteiger partial charge in [0, 0.05) is 11.9 Å². The van der Waals surface area contributed by atoms with Crippen molar-refractivity contribution in [3.05, 3.63) is 27.2 Å². The van der Waals surface area contributed by atoms with Crippen molar-refractivity contribution in [3.8, 4) is 0 Å². The van der Waals surface area contributed by atoms with Crippen LogP contribution >= 0.6 is 22.9 Å². The van der Waals surface area contributed by atoms with E-state index in [0.29, 0.717) is 18.4 Å². The normalized spacial score (nSPS) is 10.4. The van der Waals surface area contributed by atoms with E-state index in [1.165, 1.54) is 10.4 Å². The van der Waals surface area contributed by atoms with Crippen molar-refractivity contribution >= 4 is 34.8 Å². The zero-order valence-corrected chi connectivity index (χ0v) is 11.8. The van der Waals surface area contributed by atoms with Crippen LogP contribution in [0.5, 0.6) is 0 Å². The molecule has 2 aromatic rings. The molecule has 0 fully saturated rings. The number of hydrogen-bond acceptors (Lipinski definition) is 6. The SMILES string of the molecule is CCc1ccsc1CNc1nc(Cl)nc(NC)n1. The molecule has 2 N–H and O–H groups in total. The molecule has 7 heteroatoms. The summed E-state index contributed by atoms with van der Waals surface area (Å²) in [6, 6.07) is 2.14. The highest BCUT2D eigenvalue weighted by Gasteiger charge is 2.06. The molecule has 18 heavy (non-hydrogen) atoms. The van der Waals surface area contributed by atoms with Gasteiger partial charge < -0.3 is 10.6 Å². The van der Waals surface area contributed by atoms with Crippen molar-refractivity contribution in [1.82, 2.24) is 15.0 Å². The fourth-order valence-electron chi connectivity index (χ4n) is 1.54. The topological polar surface area (TPSA) is 62.7 Å². The molecule has 0 spiro atoms. The van der Waals surface area contributed by atoms with Crippen LogP contribution < -0.4 is 10.6 Å². The number of rotatable bonds is 5. The highest BCUT2D eigenvalue weighted by molar-refractivity contribution is 7.10. The molecule has 0 unspecified atom stereocenters. The number of thiophene rings is 1. The maximum Gasteiger partial charge on any atom is 0.229 e. The van der Waals surface area contributed by atoms with Crippen LogP contribution in [0, 0.1) is 0 Å². The van der Waals surface area contributed by atoms with Gasteiger partial charge in [0.05, 0.1) is 6.54 Å². The Hall–Kier alpha value is -1.40. The van der Waals surface area contributed by atoms with Crippen molar-refractivity contribution in [3.63, 3.8) is 0 Å². The molecule has 2 heterocycles. The molecule has 0 radical (unpaired) electrons. The van der Waals surface area contributed by atoms with Gasteiger partial charge in [-0.05, 0) is 35.0 Å². The van der Waals surface area contributed by atoms with Crippen molar-refractivity contribution in [2.75, 3.05) is 17.7 Å². The van der Waals surface area contributed by atoms with Crippen LogP contribution in [0.15, 0.2) is 11.4 Å². The third kappa shape index (κ3) is 3.08. The number of aromatic nitrogens is 3. The Bertz CT molecular complexity index is 528. The monoisotopic (exact) mass is 283 g/mol. The van der Waals surface area contributed by atoms with Crippen molar-refractivity contribution in [1.29, 1.82) is 0 Å². The van der Waals surface area contributed by atoms with E-state index in [9.17, 15) is 0 Å². The van der Waals surface area contributed by atoms with Gasteiger partial charge >= 0.3 is 0 Å². The number of nitrogens with one attached hydrogen (secondary N) is 2. The fourth-order valence-corrected chi connectivity index (χ4v) is 2.61. The zero-order chi connectivity index (χ0) is 13.0. The van der Waals surface area contributed by atoms with Crippen molar-refractivity contribution in [2.45, 2.75) is 19.9 Å². The van der Waals surface area contributed by atoms with Crippen LogP contribution in [-0.4, -0.2) is 22.0 Å². The lowest BCUT2D eigenvalue weighted by Crippen LogP contribution is -2.07. The van der Waals surface area contributed by atoms with Crippen LogP contribution in [0.25, 0.3) is 0 Å². The lowest BCUT2D eigenvalue weighted by Gasteiger charge is -2.06. The first-order chi connectivity index (χ1) is 8.72. The average molecular weight is 284 g/mol. The maximum absolute atomic E-state index is 5.81. The van der Waals surface area contributed by atoms with Crippen LogP contribution in [0.1, 0.15) is 17.4 Å². The molecule has 0 saturated heterocycles. The highest BCUT2D eigenvalue weighted by atomic mass is 35.5. The minimum atomic E-state index is 0.179. The largest absolute Gasteiger partial charge is 0.357 e. The molecule has 2 rings (SSSR count). The highest BCUT2D eigenvalue weighted by Crippen LogP contribution is 2.18. The molecule has 5 nitrogen and oxygen atoms in total. The predicted octanol–water partition coefficient (Wildman–Crippen LogP) is 2.80. The Morgan fingerprint density at radius 2 is 2.06 bits per heavy atom. The molecule has 0 amide bonds. The Balaban J connectivity index is 2.08. The summed E-state index contributed by atoms with van der Waals surface area (Å²) in [5.41, 5.74) is 1.35. The van der Waals surface area contributed by atoms with Gasteiger partial charge in [-0.1, -0.05) is 6.92 Å². The van der Waals surface area contributed by atoms with Gasteiger partial charge in [0.15, 0.2) is 0 Å². The van der Waals surface area contributed by atoms with E-state index in [2.05, 4.69) is 44.0 Å². The zero-order valence-electron chi connectivity index (χ0n) is 10.2. The van der Waals surface area contributed by atoms with E-state index in [4.69, 9.17) is 11.6 Å². The fraction of sp³-hybridized carbons (Fsp3) is 0.364. The Morgan fingerprint density at radius 1 is 1.28 bits per heavy atom. The van der Waals surface area contributed by atoms with Gasteiger partial charge in [0.25, 0.3) is 0 Å². The summed E-state index contributed by atoms with van der Waals surface area (Å²) in [5, 5.41) is 8.27. The van der Waals surface area contributed by atoms with Gasteiger partial charge in [-0.15, -0.1) is 11.3 Å². The van der Waals surface area contributed by atoms with E-state index < -0.39 is 0 Å². The summed E-state index contributed by atoms with van der Waals surface area (Å²) in [4.78, 5) is 13.4.